The molecule has 1 aliphatic heterocycles. The Morgan fingerprint density at radius 2 is 0.804 bits per heavy atom. The van der Waals surface area contributed by atoms with E-state index in [4.69, 9.17) is 24.4 Å². The van der Waals surface area contributed by atoms with Gasteiger partial charge in [-0.3, -0.25) is 9.97 Å². The molecule has 0 bridgehead atoms. The molecule has 5 aromatic carbocycles. The van der Waals surface area contributed by atoms with E-state index in [1.54, 1.807) is 0 Å². The number of fused-ring (bicyclic) bond motifs is 2. The Kier molecular flexibility index (Phi) is 8.50. The van der Waals surface area contributed by atoms with Crippen molar-refractivity contribution in [3.63, 3.8) is 0 Å². The molecule has 2 atom stereocenters. The molecule has 2 unspecified atom stereocenters. The molecule has 56 heavy (non-hydrogen) atoms. The van der Waals surface area contributed by atoms with Crippen LogP contribution in [0.25, 0.3) is 78.9 Å². The summed E-state index contributed by atoms with van der Waals surface area (Å²) in [4.78, 5) is 24.6. The Morgan fingerprint density at radius 3 is 1.38 bits per heavy atom. The zero-order chi connectivity index (χ0) is 37.3. The first-order valence-corrected chi connectivity index (χ1v) is 18.5. The van der Waals surface area contributed by atoms with Crippen molar-refractivity contribution in [2.75, 3.05) is 0 Å². The summed E-state index contributed by atoms with van der Waals surface area (Å²) in [7, 11) is 0. The normalized spacial score (nSPS) is 15.3. The maximum atomic E-state index is 6.89. The van der Waals surface area contributed by atoms with Crippen molar-refractivity contribution in [2.45, 2.75) is 12.2 Å². The van der Waals surface area contributed by atoms with Gasteiger partial charge in [-0.25, -0.2) is 15.0 Å². The quantitative estimate of drug-likeness (QED) is 0.162. The lowest BCUT2D eigenvalue weighted by Crippen LogP contribution is -2.38. The number of hydrogen-bond acceptors (Lipinski definition) is 7. The van der Waals surface area contributed by atoms with Crippen molar-refractivity contribution in [1.29, 1.82) is 0 Å². The Hall–Kier alpha value is -7.51. The van der Waals surface area contributed by atoms with E-state index in [0.717, 1.165) is 55.9 Å². The zero-order valence-electron chi connectivity index (χ0n) is 30.1. The second-order valence-electron chi connectivity index (χ2n) is 13.6. The molecule has 4 heterocycles. The summed E-state index contributed by atoms with van der Waals surface area (Å²) in [6, 6.07) is 51.0. The number of aromatic nitrogens is 5. The summed E-state index contributed by atoms with van der Waals surface area (Å²) < 4.78 is 13.8. The fourth-order valence-electron chi connectivity index (χ4n) is 7.18. The van der Waals surface area contributed by atoms with E-state index in [0.29, 0.717) is 34.5 Å². The summed E-state index contributed by atoms with van der Waals surface area (Å²) in [5.74, 6) is 2.79. The van der Waals surface area contributed by atoms with E-state index in [2.05, 4.69) is 70.6 Å². The van der Waals surface area contributed by atoms with Gasteiger partial charge in [-0.05, 0) is 83.4 Å². The summed E-state index contributed by atoms with van der Waals surface area (Å²) in [5.41, 5.74) is 10.2. The van der Waals surface area contributed by atoms with Crippen LogP contribution >= 0.6 is 0 Å². The third-order valence-electron chi connectivity index (χ3n) is 9.98. The van der Waals surface area contributed by atoms with Gasteiger partial charge < -0.3 is 9.47 Å². The number of allylic oxidation sites excluding steroid dienone is 2. The van der Waals surface area contributed by atoms with Crippen LogP contribution in [0.2, 0.25) is 0 Å². The predicted molar refractivity (Wildman–Crippen MR) is 221 cm³/mol. The molecule has 0 fully saturated rings. The van der Waals surface area contributed by atoms with E-state index in [1.165, 1.54) is 0 Å². The van der Waals surface area contributed by atoms with Crippen LogP contribution in [0.3, 0.4) is 0 Å². The SMILES string of the molecule is C1=CC2Oc3c(-c4cc(-c5ccccn5)cc(-c5ccccn5)c4)ccc(-c4nc(-c5ccccc5)nc(-c5ccc(-c6ccccc6)cc5)n4)c3OC2C=C1. The molecule has 2 aliphatic rings. The van der Waals surface area contributed by atoms with E-state index in [9.17, 15) is 0 Å². The van der Waals surface area contributed by atoms with Crippen molar-refractivity contribution in [1.82, 2.24) is 24.9 Å². The number of ether oxygens (including phenoxy) is 2. The highest BCUT2D eigenvalue weighted by Gasteiger charge is 2.34. The summed E-state index contributed by atoms with van der Waals surface area (Å²) in [6.07, 6.45) is 11.0. The molecule has 0 spiro atoms. The molecule has 7 nitrogen and oxygen atoms in total. The van der Waals surface area contributed by atoms with Crippen molar-refractivity contribution in [3.8, 4) is 90.4 Å². The number of pyridine rings is 2. The van der Waals surface area contributed by atoms with Gasteiger partial charge in [0, 0.05) is 40.2 Å². The molecule has 7 heteroatoms. The van der Waals surface area contributed by atoms with Crippen LogP contribution in [0.15, 0.2) is 188 Å². The molecule has 10 rings (SSSR count). The van der Waals surface area contributed by atoms with E-state index in [-0.39, 0.29) is 12.2 Å². The fourth-order valence-corrected chi connectivity index (χ4v) is 7.18. The lowest BCUT2D eigenvalue weighted by atomic mass is 9.94. The molecule has 0 saturated carbocycles. The van der Waals surface area contributed by atoms with E-state index >= 15 is 0 Å². The monoisotopic (exact) mass is 723 g/mol. The number of nitrogens with zero attached hydrogens (tertiary/aromatic N) is 5. The molecule has 266 valence electrons. The largest absolute Gasteiger partial charge is 0.478 e. The van der Waals surface area contributed by atoms with E-state index in [1.807, 2.05) is 128 Å². The first-order valence-electron chi connectivity index (χ1n) is 18.5. The maximum Gasteiger partial charge on any atom is 0.174 e. The van der Waals surface area contributed by atoms with Crippen molar-refractivity contribution < 1.29 is 9.47 Å². The van der Waals surface area contributed by atoms with Crippen LogP contribution in [0.1, 0.15) is 0 Å². The Balaban J connectivity index is 1.15. The van der Waals surface area contributed by atoms with Crippen LogP contribution in [0.4, 0.5) is 0 Å². The minimum absolute atomic E-state index is 0.312. The second kappa shape index (κ2) is 14.4. The lowest BCUT2D eigenvalue weighted by Gasteiger charge is -2.34. The predicted octanol–water partition coefficient (Wildman–Crippen LogP) is 11.0. The Labute approximate surface area is 324 Å². The van der Waals surface area contributed by atoms with Gasteiger partial charge in [-0.2, -0.15) is 0 Å². The van der Waals surface area contributed by atoms with Crippen molar-refractivity contribution in [3.05, 3.63) is 188 Å². The fraction of sp³-hybridized carbons (Fsp3) is 0.0408. The average molecular weight is 724 g/mol. The highest BCUT2D eigenvalue weighted by molar-refractivity contribution is 5.87. The van der Waals surface area contributed by atoms with Crippen molar-refractivity contribution in [2.24, 2.45) is 0 Å². The molecular formula is C49H33N5O2. The van der Waals surface area contributed by atoms with Gasteiger partial charge in [0.25, 0.3) is 0 Å². The lowest BCUT2D eigenvalue weighted by molar-refractivity contribution is 0.0769. The van der Waals surface area contributed by atoms with Gasteiger partial charge >= 0.3 is 0 Å². The first-order chi connectivity index (χ1) is 27.7. The zero-order valence-corrected chi connectivity index (χ0v) is 30.1. The minimum atomic E-state index is -0.328. The molecule has 3 aromatic heterocycles. The van der Waals surface area contributed by atoms with Crippen LogP contribution in [-0.4, -0.2) is 37.1 Å². The summed E-state index contributed by atoms with van der Waals surface area (Å²) >= 11 is 0. The molecule has 1 aliphatic carbocycles. The van der Waals surface area contributed by atoms with Gasteiger partial charge in [0.05, 0.1) is 17.0 Å². The van der Waals surface area contributed by atoms with Gasteiger partial charge in [0.1, 0.15) is 0 Å². The summed E-state index contributed by atoms with van der Waals surface area (Å²) in [5, 5.41) is 0. The van der Waals surface area contributed by atoms with Gasteiger partial charge in [0.15, 0.2) is 41.2 Å². The smallest absolute Gasteiger partial charge is 0.174 e. The maximum absolute atomic E-state index is 6.89. The highest BCUT2D eigenvalue weighted by atomic mass is 16.6. The number of rotatable bonds is 7. The highest BCUT2D eigenvalue weighted by Crippen LogP contribution is 2.49. The first kappa shape index (κ1) is 33.1. The molecule has 0 amide bonds. The number of benzene rings is 5. The number of hydrogen-bond donors (Lipinski definition) is 0. The molecular weight excluding hydrogens is 691 g/mol. The average Bonchev–Trinajstić information content (AvgIpc) is 3.29. The van der Waals surface area contributed by atoms with Crippen LogP contribution < -0.4 is 9.47 Å². The third-order valence-corrected chi connectivity index (χ3v) is 9.98. The van der Waals surface area contributed by atoms with Gasteiger partial charge in [0.2, 0.25) is 0 Å². The van der Waals surface area contributed by atoms with Crippen LogP contribution in [-0.2, 0) is 0 Å². The molecule has 0 radical (unpaired) electrons. The third kappa shape index (κ3) is 6.41. The van der Waals surface area contributed by atoms with Crippen LogP contribution in [0.5, 0.6) is 11.5 Å². The molecule has 8 aromatic rings. The van der Waals surface area contributed by atoms with Crippen molar-refractivity contribution >= 4 is 0 Å². The Bertz CT molecular complexity index is 2680. The van der Waals surface area contributed by atoms with Gasteiger partial charge in [-0.1, -0.05) is 109 Å². The van der Waals surface area contributed by atoms with E-state index < -0.39 is 0 Å². The second-order valence-corrected chi connectivity index (χ2v) is 13.6. The van der Waals surface area contributed by atoms with Crippen LogP contribution in [0, 0.1) is 0 Å². The summed E-state index contributed by atoms with van der Waals surface area (Å²) in [6.45, 7) is 0. The standard InChI is InChI=1S/C49H33N5O2/c1-3-13-32(14-4-1)33-21-23-35(24-22-33)48-52-47(34-15-5-2-6-16-34)53-49(54-48)40-26-25-39(45-46(40)56-44-20-8-7-19-43(44)55-45)36-29-37(41-17-9-11-27-50-41)31-38(30-36)42-18-10-12-28-51-42/h1-31,43-44H. The molecule has 0 saturated heterocycles. The minimum Gasteiger partial charge on any atom is -0.478 e. The Morgan fingerprint density at radius 1 is 0.357 bits per heavy atom. The van der Waals surface area contributed by atoms with Gasteiger partial charge in [-0.15, -0.1) is 0 Å². The molecule has 0 N–H and O–H groups in total. The topological polar surface area (TPSA) is 82.9 Å².